The van der Waals surface area contributed by atoms with Gasteiger partial charge in [0.25, 0.3) is 0 Å². The summed E-state index contributed by atoms with van der Waals surface area (Å²) in [6.45, 7) is 2.42. The van der Waals surface area contributed by atoms with E-state index >= 15 is 0 Å². The minimum absolute atomic E-state index is 0.503. The molecule has 0 aliphatic carbocycles. The molecule has 3 aromatic rings. The van der Waals surface area contributed by atoms with E-state index in [1.165, 1.54) is 9.97 Å². The van der Waals surface area contributed by atoms with Crippen LogP contribution in [-0.4, -0.2) is 25.9 Å². The number of hydrogen-bond donors (Lipinski definition) is 1. The van der Waals surface area contributed by atoms with Crippen molar-refractivity contribution < 1.29 is 8.42 Å². The topological polar surface area (TPSA) is 62.3 Å². The standard InChI is InChI=1S/C19H19Cl2N3O2S2/c1-12-9-17(22-11-13-7-8-15(20)16(21)10-13)14-5-4-6-18(19(14)23-12)24(27-2)28(3,25)26/h4-10H,11H2,1-3H3,(H,22,23). The highest BCUT2D eigenvalue weighted by atomic mass is 35.5. The number of para-hydroxylation sites is 1. The first kappa shape index (κ1) is 21.0. The molecule has 0 spiro atoms. The molecule has 0 aliphatic heterocycles. The highest BCUT2D eigenvalue weighted by molar-refractivity contribution is 8.14. The van der Waals surface area contributed by atoms with Crippen molar-refractivity contribution in [3.63, 3.8) is 0 Å². The Kier molecular flexibility index (Phi) is 6.29. The lowest BCUT2D eigenvalue weighted by Crippen LogP contribution is -2.22. The van der Waals surface area contributed by atoms with Crippen molar-refractivity contribution >= 4 is 67.5 Å². The second-order valence-corrected chi connectivity index (χ2v) is 9.87. The summed E-state index contributed by atoms with van der Waals surface area (Å²) in [4.78, 5) is 4.60. The molecule has 3 rings (SSSR count). The van der Waals surface area contributed by atoms with Crippen LogP contribution in [-0.2, 0) is 16.6 Å². The maximum Gasteiger partial charge on any atom is 0.241 e. The van der Waals surface area contributed by atoms with Gasteiger partial charge in [0.1, 0.15) is 0 Å². The quantitative estimate of drug-likeness (QED) is 0.496. The van der Waals surface area contributed by atoms with Crippen LogP contribution >= 0.6 is 35.1 Å². The van der Waals surface area contributed by atoms with Gasteiger partial charge < -0.3 is 5.32 Å². The summed E-state index contributed by atoms with van der Waals surface area (Å²) in [5, 5.41) is 5.25. The van der Waals surface area contributed by atoms with E-state index in [4.69, 9.17) is 23.2 Å². The Morgan fingerprint density at radius 3 is 2.54 bits per heavy atom. The smallest absolute Gasteiger partial charge is 0.241 e. The minimum atomic E-state index is -3.44. The number of hydrogen-bond acceptors (Lipinski definition) is 5. The summed E-state index contributed by atoms with van der Waals surface area (Å²) in [6.07, 6.45) is 2.90. The van der Waals surface area contributed by atoms with Crippen molar-refractivity contribution in [1.82, 2.24) is 4.98 Å². The van der Waals surface area contributed by atoms with Crippen molar-refractivity contribution in [3.8, 4) is 0 Å². The number of anilines is 2. The van der Waals surface area contributed by atoms with Crippen LogP contribution < -0.4 is 9.03 Å². The second kappa shape index (κ2) is 8.37. The van der Waals surface area contributed by atoms with E-state index in [-0.39, 0.29) is 0 Å². The lowest BCUT2D eigenvalue weighted by atomic mass is 10.1. The van der Waals surface area contributed by atoms with Crippen LogP contribution in [0.25, 0.3) is 10.9 Å². The van der Waals surface area contributed by atoms with Gasteiger partial charge in [0.05, 0.1) is 27.5 Å². The average Bonchev–Trinajstić information content (AvgIpc) is 2.62. The van der Waals surface area contributed by atoms with Crippen molar-refractivity contribution in [2.24, 2.45) is 0 Å². The van der Waals surface area contributed by atoms with Crippen molar-refractivity contribution in [2.75, 3.05) is 21.5 Å². The molecular formula is C19H19Cl2N3O2S2. The van der Waals surface area contributed by atoms with Crippen LogP contribution in [0.2, 0.25) is 10.0 Å². The monoisotopic (exact) mass is 455 g/mol. The predicted molar refractivity (Wildman–Crippen MR) is 121 cm³/mol. The van der Waals surface area contributed by atoms with Gasteiger partial charge in [-0.15, -0.1) is 0 Å². The first-order valence-electron chi connectivity index (χ1n) is 8.33. The molecule has 0 radical (unpaired) electrons. The van der Waals surface area contributed by atoms with Gasteiger partial charge in [0, 0.05) is 29.6 Å². The van der Waals surface area contributed by atoms with Crippen molar-refractivity contribution in [2.45, 2.75) is 13.5 Å². The van der Waals surface area contributed by atoms with Gasteiger partial charge in [0.2, 0.25) is 10.0 Å². The van der Waals surface area contributed by atoms with Crippen molar-refractivity contribution in [3.05, 3.63) is 63.8 Å². The SMILES string of the molecule is CSN(c1cccc2c(NCc3ccc(Cl)c(Cl)c3)cc(C)nc12)S(C)(=O)=O. The van der Waals surface area contributed by atoms with Crippen LogP contribution in [0.4, 0.5) is 11.4 Å². The lowest BCUT2D eigenvalue weighted by molar-refractivity contribution is 0.604. The van der Waals surface area contributed by atoms with Gasteiger partial charge in [-0.05, 0) is 48.7 Å². The third-order valence-electron chi connectivity index (χ3n) is 4.08. The largest absolute Gasteiger partial charge is 0.380 e. The molecule has 0 saturated heterocycles. The molecule has 0 aliphatic rings. The number of rotatable bonds is 6. The molecule has 28 heavy (non-hydrogen) atoms. The molecule has 9 heteroatoms. The molecule has 1 heterocycles. The number of aryl methyl sites for hydroxylation is 1. The van der Waals surface area contributed by atoms with E-state index < -0.39 is 10.0 Å². The highest BCUT2D eigenvalue weighted by Gasteiger charge is 2.20. The number of aromatic nitrogens is 1. The fraction of sp³-hybridized carbons (Fsp3) is 0.211. The molecular weight excluding hydrogens is 437 g/mol. The molecule has 0 fully saturated rings. The Morgan fingerprint density at radius 2 is 1.89 bits per heavy atom. The Morgan fingerprint density at radius 1 is 1.14 bits per heavy atom. The Balaban J connectivity index is 2.04. The molecule has 1 aromatic heterocycles. The zero-order valence-corrected chi connectivity index (χ0v) is 18.7. The lowest BCUT2D eigenvalue weighted by Gasteiger charge is -2.21. The van der Waals surface area contributed by atoms with Crippen LogP contribution in [0.5, 0.6) is 0 Å². The number of sulfonamides is 1. The van der Waals surface area contributed by atoms with Crippen LogP contribution in [0, 0.1) is 6.92 Å². The van der Waals surface area contributed by atoms with Gasteiger partial charge in [-0.3, -0.25) is 4.98 Å². The Hall–Kier alpha value is -1.67. The Labute approximate surface area is 179 Å². The number of fused-ring (bicyclic) bond motifs is 1. The predicted octanol–water partition coefficient (Wildman–Crippen LogP) is 5.51. The molecule has 0 amide bonds. The fourth-order valence-corrected chi connectivity index (χ4v) is 5.17. The number of nitrogens with zero attached hydrogens (tertiary/aromatic N) is 2. The van der Waals surface area contributed by atoms with Crippen LogP contribution in [0.1, 0.15) is 11.3 Å². The van der Waals surface area contributed by atoms with Gasteiger partial charge in [-0.25, -0.2) is 12.1 Å². The maximum absolute atomic E-state index is 12.2. The number of pyridine rings is 1. The maximum atomic E-state index is 12.2. The first-order valence-corrected chi connectivity index (χ1v) is 12.1. The number of benzene rings is 2. The van der Waals surface area contributed by atoms with Gasteiger partial charge >= 0.3 is 0 Å². The van der Waals surface area contributed by atoms with E-state index in [0.29, 0.717) is 27.8 Å². The Bertz CT molecular complexity index is 1140. The summed E-state index contributed by atoms with van der Waals surface area (Å²) in [5.74, 6) is 0. The number of nitrogens with one attached hydrogen (secondary N) is 1. The third kappa shape index (κ3) is 4.49. The zero-order valence-electron chi connectivity index (χ0n) is 15.5. The molecule has 2 aromatic carbocycles. The molecule has 0 atom stereocenters. The molecule has 1 N–H and O–H groups in total. The number of halogens is 2. The fourth-order valence-electron chi connectivity index (χ4n) is 2.91. The zero-order chi connectivity index (χ0) is 20.5. The van der Waals surface area contributed by atoms with E-state index in [0.717, 1.165) is 34.3 Å². The molecule has 5 nitrogen and oxygen atoms in total. The molecule has 148 valence electrons. The first-order chi connectivity index (χ1) is 13.2. The van der Waals surface area contributed by atoms with E-state index in [2.05, 4.69) is 10.3 Å². The van der Waals surface area contributed by atoms with Gasteiger partial charge in [-0.2, -0.15) is 0 Å². The summed E-state index contributed by atoms with van der Waals surface area (Å²) in [7, 11) is -3.44. The van der Waals surface area contributed by atoms with Gasteiger partial charge in [0.15, 0.2) is 0 Å². The van der Waals surface area contributed by atoms with E-state index in [9.17, 15) is 8.42 Å². The van der Waals surface area contributed by atoms with E-state index in [1.807, 2.05) is 37.3 Å². The second-order valence-electron chi connectivity index (χ2n) is 6.26. The van der Waals surface area contributed by atoms with Gasteiger partial charge in [-0.1, -0.05) is 41.4 Å². The highest BCUT2D eigenvalue weighted by Crippen LogP contribution is 2.35. The minimum Gasteiger partial charge on any atom is -0.380 e. The molecule has 0 saturated carbocycles. The molecule has 0 bridgehead atoms. The summed E-state index contributed by atoms with van der Waals surface area (Å²) >= 11 is 13.2. The van der Waals surface area contributed by atoms with Crippen LogP contribution in [0.3, 0.4) is 0 Å². The molecule has 0 unspecified atom stereocenters. The normalized spacial score (nSPS) is 11.6. The summed E-state index contributed by atoms with van der Waals surface area (Å²) in [5.41, 5.74) is 3.79. The summed E-state index contributed by atoms with van der Waals surface area (Å²) in [6, 6.07) is 12.9. The summed E-state index contributed by atoms with van der Waals surface area (Å²) < 4.78 is 25.7. The van der Waals surface area contributed by atoms with Crippen molar-refractivity contribution in [1.29, 1.82) is 0 Å². The van der Waals surface area contributed by atoms with E-state index in [1.54, 1.807) is 18.4 Å². The van der Waals surface area contributed by atoms with Crippen LogP contribution in [0.15, 0.2) is 42.5 Å². The average molecular weight is 456 g/mol. The third-order valence-corrected chi connectivity index (χ3v) is 7.40.